The van der Waals surface area contributed by atoms with E-state index in [1.54, 1.807) is 24.3 Å². The van der Waals surface area contributed by atoms with Gasteiger partial charge in [-0.2, -0.15) is 0 Å². The molecule has 11 heteroatoms. The quantitative estimate of drug-likeness (QED) is 0.281. The van der Waals surface area contributed by atoms with Crippen LogP contribution in [0.3, 0.4) is 0 Å². The summed E-state index contributed by atoms with van der Waals surface area (Å²) in [5, 5.41) is 15.0. The second kappa shape index (κ2) is 15.0. The van der Waals surface area contributed by atoms with Crippen molar-refractivity contribution >= 4 is 23.8 Å². The lowest BCUT2D eigenvalue weighted by Gasteiger charge is -2.44. The molecular formula is C34H47N5O6. The van der Waals surface area contributed by atoms with E-state index in [2.05, 4.69) is 5.32 Å². The number of amides is 4. The Morgan fingerprint density at radius 3 is 2.24 bits per heavy atom. The van der Waals surface area contributed by atoms with Gasteiger partial charge in [-0.3, -0.25) is 19.3 Å². The highest BCUT2D eigenvalue weighted by atomic mass is 16.6. The van der Waals surface area contributed by atoms with Crippen molar-refractivity contribution in [2.45, 2.75) is 108 Å². The molecular weight excluding hydrogens is 574 g/mol. The average molecular weight is 622 g/mol. The largest absolute Gasteiger partial charge is 0.444 e. The maximum atomic E-state index is 14.1. The number of nitrogens with two attached hydrogens (primary N) is 2. The van der Waals surface area contributed by atoms with Gasteiger partial charge in [-0.25, -0.2) is 9.69 Å². The third kappa shape index (κ3) is 8.90. The van der Waals surface area contributed by atoms with E-state index in [1.807, 2.05) is 62.1 Å². The van der Waals surface area contributed by atoms with Gasteiger partial charge in [-0.05, 0) is 69.9 Å². The number of hydrogen-bond acceptors (Lipinski definition) is 8. The first-order chi connectivity index (χ1) is 21.4. The van der Waals surface area contributed by atoms with Crippen LogP contribution in [0.1, 0.15) is 70.4 Å². The smallest absolute Gasteiger partial charge is 0.418 e. The lowest BCUT2D eigenvalue weighted by molar-refractivity contribution is -0.149. The number of primary amides is 1. The molecule has 4 amide bonds. The topological polar surface area (TPSA) is 168 Å². The number of fused-ring (bicyclic) bond motifs is 1. The van der Waals surface area contributed by atoms with Crippen molar-refractivity contribution in [2.24, 2.45) is 17.4 Å². The van der Waals surface area contributed by atoms with Gasteiger partial charge < -0.3 is 26.6 Å². The fourth-order valence-electron chi connectivity index (χ4n) is 6.61. The minimum atomic E-state index is -1.46. The molecule has 1 saturated heterocycles. The summed E-state index contributed by atoms with van der Waals surface area (Å²) in [7, 11) is 0. The Morgan fingerprint density at radius 2 is 1.64 bits per heavy atom. The molecule has 6 N–H and O–H groups in total. The summed E-state index contributed by atoms with van der Waals surface area (Å²) < 4.78 is 5.66. The zero-order valence-electron chi connectivity index (χ0n) is 26.4. The van der Waals surface area contributed by atoms with Crippen molar-refractivity contribution in [3.8, 4) is 0 Å². The average Bonchev–Trinajstić information content (AvgIpc) is 3.59. The standard InChI is InChI=1S/C34H47N5O6/c1-34(2,3)37-30(42)27-19-24-15-10-16-26(24)38(27)31(28(40)18-17-22-11-6-4-7-12-22)39(32(43)25(35)20-29(36)41)33(44)45-21-23-13-8-5-9-14-23/h4-9,11-14,24-28,31,40H,10,15-21,35H2,1-3H3,(H2,36,41)(H,37,42)/t24-,25-,26-,27-,28?,31?/m0/s1. The monoisotopic (exact) mass is 621 g/mol. The first-order valence-corrected chi connectivity index (χ1v) is 15.7. The zero-order valence-corrected chi connectivity index (χ0v) is 26.4. The summed E-state index contributed by atoms with van der Waals surface area (Å²) >= 11 is 0. The molecule has 0 bridgehead atoms. The van der Waals surface area contributed by atoms with Crippen LogP contribution in [0.25, 0.3) is 0 Å². The maximum Gasteiger partial charge on any atom is 0.418 e. The van der Waals surface area contributed by atoms with Gasteiger partial charge in [-0.1, -0.05) is 67.1 Å². The van der Waals surface area contributed by atoms with Crippen LogP contribution in [0, 0.1) is 5.92 Å². The number of aliphatic hydroxyl groups excluding tert-OH is 1. The van der Waals surface area contributed by atoms with Crippen LogP contribution in [-0.4, -0.2) is 74.7 Å². The lowest BCUT2D eigenvalue weighted by Crippen LogP contribution is -2.66. The third-order valence-electron chi connectivity index (χ3n) is 8.55. The molecule has 2 fully saturated rings. The number of nitrogens with zero attached hydrogens (tertiary/aromatic N) is 2. The van der Waals surface area contributed by atoms with E-state index in [-0.39, 0.29) is 30.9 Å². The number of ether oxygens (including phenoxy) is 1. The minimum Gasteiger partial charge on any atom is -0.444 e. The number of carbonyl (C=O) groups excluding carboxylic acids is 4. The minimum absolute atomic E-state index is 0.138. The highest BCUT2D eigenvalue weighted by Gasteiger charge is 2.54. The van der Waals surface area contributed by atoms with Crippen LogP contribution in [-0.2, 0) is 32.1 Å². The van der Waals surface area contributed by atoms with Crippen molar-refractivity contribution in [3.63, 3.8) is 0 Å². The molecule has 6 atom stereocenters. The Hall–Kier alpha value is -3.80. The Morgan fingerprint density at radius 1 is 1.02 bits per heavy atom. The number of aliphatic hydroxyl groups is 1. The summed E-state index contributed by atoms with van der Waals surface area (Å²) in [6.07, 6.45) is -0.400. The molecule has 2 aromatic carbocycles. The van der Waals surface area contributed by atoms with E-state index < -0.39 is 54.2 Å². The number of nitrogens with one attached hydrogen (secondary N) is 1. The molecule has 4 rings (SSSR count). The lowest BCUT2D eigenvalue weighted by atomic mass is 10.0. The molecule has 2 aromatic rings. The molecule has 11 nitrogen and oxygen atoms in total. The van der Waals surface area contributed by atoms with Gasteiger partial charge in [0, 0.05) is 11.6 Å². The molecule has 244 valence electrons. The number of carbonyl (C=O) groups is 4. The predicted octanol–water partition coefficient (Wildman–Crippen LogP) is 2.83. The fourth-order valence-corrected chi connectivity index (χ4v) is 6.61. The van der Waals surface area contributed by atoms with Crippen LogP contribution in [0.4, 0.5) is 4.79 Å². The van der Waals surface area contributed by atoms with E-state index >= 15 is 0 Å². The van der Waals surface area contributed by atoms with Gasteiger partial charge in [-0.15, -0.1) is 0 Å². The van der Waals surface area contributed by atoms with Crippen molar-refractivity contribution in [3.05, 3.63) is 71.8 Å². The molecule has 1 aliphatic heterocycles. The van der Waals surface area contributed by atoms with E-state index in [1.165, 1.54) is 0 Å². The summed E-state index contributed by atoms with van der Waals surface area (Å²) in [5.74, 6) is -1.83. The second-order valence-electron chi connectivity index (χ2n) is 13.2. The van der Waals surface area contributed by atoms with E-state index in [0.29, 0.717) is 18.4 Å². The van der Waals surface area contributed by atoms with Crippen LogP contribution in [0.5, 0.6) is 0 Å². The summed E-state index contributed by atoms with van der Waals surface area (Å²) in [5.41, 5.74) is 12.7. The molecule has 2 unspecified atom stereocenters. The molecule has 45 heavy (non-hydrogen) atoms. The SMILES string of the molecule is CC(C)(C)NC(=O)[C@@H]1C[C@@H]2CCC[C@@H]2N1C(C(O)CCc1ccccc1)N(C(=O)OCc1ccccc1)C(=O)[C@@H](N)CC(N)=O. The van der Waals surface area contributed by atoms with Gasteiger partial charge in [0.15, 0.2) is 0 Å². The number of rotatable bonds is 12. The molecule has 0 radical (unpaired) electrons. The predicted molar refractivity (Wildman–Crippen MR) is 169 cm³/mol. The van der Waals surface area contributed by atoms with Crippen LogP contribution >= 0.6 is 0 Å². The highest BCUT2D eigenvalue weighted by Crippen LogP contribution is 2.44. The molecule has 0 spiro atoms. The highest BCUT2D eigenvalue weighted by molar-refractivity contribution is 5.97. The van der Waals surface area contributed by atoms with Crippen LogP contribution in [0.2, 0.25) is 0 Å². The van der Waals surface area contributed by atoms with Gasteiger partial charge >= 0.3 is 6.09 Å². The Kier molecular flexibility index (Phi) is 11.4. The van der Waals surface area contributed by atoms with Gasteiger partial charge in [0.25, 0.3) is 5.91 Å². The number of hydrogen-bond donors (Lipinski definition) is 4. The van der Waals surface area contributed by atoms with E-state index in [9.17, 15) is 24.3 Å². The van der Waals surface area contributed by atoms with Gasteiger partial charge in [0.2, 0.25) is 11.8 Å². The first-order valence-electron chi connectivity index (χ1n) is 15.7. The molecule has 1 heterocycles. The van der Waals surface area contributed by atoms with Crippen molar-refractivity contribution < 1.29 is 29.0 Å². The van der Waals surface area contributed by atoms with Crippen molar-refractivity contribution in [1.29, 1.82) is 0 Å². The fraction of sp³-hybridized carbons (Fsp3) is 0.529. The van der Waals surface area contributed by atoms with Gasteiger partial charge in [0.05, 0.1) is 24.6 Å². The summed E-state index contributed by atoms with van der Waals surface area (Å²) in [4.78, 5) is 56.4. The first kappa shape index (κ1) is 34.1. The molecule has 1 aliphatic carbocycles. The number of aryl methyl sites for hydroxylation is 1. The number of likely N-dealkylation sites (tertiary alicyclic amines) is 1. The normalized spacial score (nSPS) is 21.8. The molecule has 1 saturated carbocycles. The van der Waals surface area contributed by atoms with Crippen molar-refractivity contribution in [1.82, 2.24) is 15.1 Å². The number of benzene rings is 2. The number of imide groups is 1. The maximum absolute atomic E-state index is 14.1. The van der Waals surface area contributed by atoms with Crippen molar-refractivity contribution in [2.75, 3.05) is 0 Å². The Labute approximate surface area is 265 Å². The third-order valence-corrected chi connectivity index (χ3v) is 8.55. The Bertz CT molecular complexity index is 1320. The zero-order chi connectivity index (χ0) is 32.7. The Balaban J connectivity index is 1.77. The summed E-state index contributed by atoms with van der Waals surface area (Å²) in [6, 6.07) is 16.2. The molecule has 0 aromatic heterocycles. The summed E-state index contributed by atoms with van der Waals surface area (Å²) in [6.45, 7) is 5.52. The van der Waals surface area contributed by atoms with Crippen LogP contribution in [0.15, 0.2) is 60.7 Å². The van der Waals surface area contributed by atoms with E-state index in [4.69, 9.17) is 16.2 Å². The van der Waals surface area contributed by atoms with Crippen LogP contribution < -0.4 is 16.8 Å². The molecule has 2 aliphatic rings. The second-order valence-corrected chi connectivity index (χ2v) is 13.2. The van der Waals surface area contributed by atoms with E-state index in [0.717, 1.165) is 29.7 Å². The van der Waals surface area contributed by atoms with Gasteiger partial charge in [0.1, 0.15) is 12.8 Å².